The number of likely N-dealkylation sites (N-methyl/N-ethyl adjacent to an activating group) is 1. The minimum absolute atomic E-state index is 0.161. The summed E-state index contributed by atoms with van der Waals surface area (Å²) in [5, 5.41) is 0. The molecule has 0 aromatic carbocycles. The topological polar surface area (TPSA) is 58.3 Å². The second kappa shape index (κ2) is 4.58. The van der Waals surface area contributed by atoms with Crippen molar-refractivity contribution >= 4 is 5.95 Å². The third-order valence-corrected chi connectivity index (χ3v) is 3.53. The van der Waals surface area contributed by atoms with E-state index in [0.717, 1.165) is 31.1 Å². The van der Waals surface area contributed by atoms with E-state index in [9.17, 15) is 0 Å². The maximum Gasteiger partial charge on any atom is 0.225 e. The van der Waals surface area contributed by atoms with E-state index in [1.54, 1.807) is 0 Å². The molecule has 5 nitrogen and oxygen atoms in total. The van der Waals surface area contributed by atoms with Gasteiger partial charge in [0, 0.05) is 49.7 Å². The molecular formula is C12H21N5. The average molecular weight is 235 g/mol. The number of nitrogens with two attached hydrogens (primary N) is 1. The number of piperazine rings is 1. The first kappa shape index (κ1) is 12.3. The molecule has 0 atom stereocenters. The Bertz CT molecular complexity index is 373. The Morgan fingerprint density at radius 2 is 1.94 bits per heavy atom. The molecule has 0 aliphatic carbocycles. The van der Waals surface area contributed by atoms with Crippen LogP contribution in [-0.4, -0.2) is 47.1 Å². The van der Waals surface area contributed by atoms with Crippen molar-refractivity contribution in [3.8, 4) is 0 Å². The van der Waals surface area contributed by atoms with Crippen LogP contribution < -0.4 is 10.6 Å². The van der Waals surface area contributed by atoms with Gasteiger partial charge in [-0.1, -0.05) is 0 Å². The molecule has 2 rings (SSSR count). The summed E-state index contributed by atoms with van der Waals surface area (Å²) < 4.78 is 0. The van der Waals surface area contributed by atoms with Gasteiger partial charge in [-0.3, -0.25) is 4.90 Å². The first-order valence-electron chi connectivity index (χ1n) is 6.00. The minimum atomic E-state index is 0.161. The van der Waals surface area contributed by atoms with E-state index in [1.807, 2.05) is 12.4 Å². The lowest BCUT2D eigenvalue weighted by Gasteiger charge is -2.45. The zero-order valence-corrected chi connectivity index (χ0v) is 10.8. The van der Waals surface area contributed by atoms with Crippen LogP contribution in [0, 0.1) is 0 Å². The highest BCUT2D eigenvalue weighted by atomic mass is 15.3. The molecule has 2 N–H and O–H groups in total. The van der Waals surface area contributed by atoms with Crippen molar-refractivity contribution < 1.29 is 0 Å². The van der Waals surface area contributed by atoms with Crippen LogP contribution in [0.2, 0.25) is 0 Å². The Kier molecular flexibility index (Phi) is 3.31. The monoisotopic (exact) mass is 235 g/mol. The summed E-state index contributed by atoms with van der Waals surface area (Å²) in [6.45, 7) is 7.94. The Balaban J connectivity index is 2.12. The van der Waals surface area contributed by atoms with E-state index in [2.05, 4.69) is 40.7 Å². The van der Waals surface area contributed by atoms with E-state index in [0.29, 0.717) is 6.54 Å². The largest absolute Gasteiger partial charge is 0.338 e. The Morgan fingerprint density at radius 1 is 1.29 bits per heavy atom. The van der Waals surface area contributed by atoms with Crippen LogP contribution in [0.25, 0.3) is 0 Å². The van der Waals surface area contributed by atoms with Gasteiger partial charge in [-0.25, -0.2) is 9.97 Å². The average Bonchev–Trinajstić information content (AvgIpc) is 2.33. The molecule has 1 aromatic rings. The summed E-state index contributed by atoms with van der Waals surface area (Å²) in [5.74, 6) is 0.809. The van der Waals surface area contributed by atoms with Crippen molar-refractivity contribution in [3.05, 3.63) is 18.0 Å². The number of rotatable bonds is 2. The Morgan fingerprint density at radius 3 is 2.47 bits per heavy atom. The standard InChI is InChI=1S/C12H21N5/c1-12(2)9-17(5-4-16(12)3)11-14-7-10(6-13)8-15-11/h7-8H,4-6,9,13H2,1-3H3. The summed E-state index contributed by atoms with van der Waals surface area (Å²) in [4.78, 5) is 13.4. The number of anilines is 1. The molecule has 5 heteroatoms. The van der Waals surface area contributed by atoms with Gasteiger partial charge in [-0.2, -0.15) is 0 Å². The fourth-order valence-corrected chi connectivity index (χ4v) is 2.03. The molecule has 94 valence electrons. The van der Waals surface area contributed by atoms with E-state index in [4.69, 9.17) is 5.73 Å². The van der Waals surface area contributed by atoms with Crippen LogP contribution in [0.1, 0.15) is 19.4 Å². The normalized spacial score (nSPS) is 20.6. The molecular weight excluding hydrogens is 214 g/mol. The van der Waals surface area contributed by atoms with Crippen LogP contribution >= 0.6 is 0 Å². The van der Waals surface area contributed by atoms with Gasteiger partial charge in [0.2, 0.25) is 5.95 Å². The van der Waals surface area contributed by atoms with Crippen LogP contribution in [0.4, 0.5) is 5.95 Å². The molecule has 1 aliphatic heterocycles. The highest BCUT2D eigenvalue weighted by Gasteiger charge is 2.31. The smallest absolute Gasteiger partial charge is 0.225 e. The summed E-state index contributed by atoms with van der Waals surface area (Å²) >= 11 is 0. The van der Waals surface area contributed by atoms with Gasteiger partial charge in [0.1, 0.15) is 0 Å². The summed E-state index contributed by atoms with van der Waals surface area (Å²) in [6, 6.07) is 0. The minimum Gasteiger partial charge on any atom is -0.338 e. The van der Waals surface area contributed by atoms with Gasteiger partial charge in [-0.15, -0.1) is 0 Å². The number of aromatic nitrogens is 2. The first-order chi connectivity index (χ1) is 8.03. The highest BCUT2D eigenvalue weighted by molar-refractivity contribution is 5.32. The van der Waals surface area contributed by atoms with E-state index >= 15 is 0 Å². The molecule has 0 unspecified atom stereocenters. The van der Waals surface area contributed by atoms with E-state index in [1.165, 1.54) is 0 Å². The molecule has 0 spiro atoms. The summed E-state index contributed by atoms with van der Waals surface area (Å²) in [7, 11) is 2.16. The van der Waals surface area contributed by atoms with Crippen LogP contribution in [0.5, 0.6) is 0 Å². The molecule has 0 bridgehead atoms. The molecule has 0 saturated carbocycles. The number of hydrogen-bond acceptors (Lipinski definition) is 5. The molecule has 1 aromatic heterocycles. The summed E-state index contributed by atoms with van der Waals surface area (Å²) in [6.07, 6.45) is 3.63. The SMILES string of the molecule is CN1CCN(c2ncc(CN)cn2)CC1(C)C. The van der Waals surface area contributed by atoms with Crippen molar-refractivity contribution in [2.24, 2.45) is 5.73 Å². The van der Waals surface area contributed by atoms with Crippen molar-refractivity contribution in [3.63, 3.8) is 0 Å². The maximum absolute atomic E-state index is 5.54. The van der Waals surface area contributed by atoms with Gasteiger partial charge >= 0.3 is 0 Å². The Hall–Kier alpha value is -1.20. The third kappa shape index (κ3) is 2.56. The zero-order chi connectivity index (χ0) is 12.5. The van der Waals surface area contributed by atoms with Crippen LogP contribution in [0.15, 0.2) is 12.4 Å². The van der Waals surface area contributed by atoms with E-state index in [-0.39, 0.29) is 5.54 Å². The van der Waals surface area contributed by atoms with E-state index < -0.39 is 0 Å². The van der Waals surface area contributed by atoms with Crippen molar-refractivity contribution in [2.75, 3.05) is 31.6 Å². The second-order valence-electron chi connectivity index (χ2n) is 5.25. The lowest BCUT2D eigenvalue weighted by atomic mass is 10.0. The van der Waals surface area contributed by atoms with Gasteiger partial charge in [0.05, 0.1) is 0 Å². The lowest BCUT2D eigenvalue weighted by molar-refractivity contribution is 0.138. The van der Waals surface area contributed by atoms with Gasteiger partial charge in [-0.05, 0) is 20.9 Å². The van der Waals surface area contributed by atoms with Gasteiger partial charge in [0.25, 0.3) is 0 Å². The maximum atomic E-state index is 5.54. The van der Waals surface area contributed by atoms with Gasteiger partial charge in [0.15, 0.2) is 0 Å². The van der Waals surface area contributed by atoms with Crippen LogP contribution in [-0.2, 0) is 6.54 Å². The fraction of sp³-hybridized carbons (Fsp3) is 0.667. The lowest BCUT2D eigenvalue weighted by Crippen LogP contribution is -2.58. The van der Waals surface area contributed by atoms with Crippen molar-refractivity contribution in [1.29, 1.82) is 0 Å². The molecule has 1 fully saturated rings. The Labute approximate surface area is 103 Å². The zero-order valence-electron chi connectivity index (χ0n) is 10.8. The molecule has 1 aliphatic rings. The second-order valence-corrected chi connectivity index (χ2v) is 5.25. The molecule has 17 heavy (non-hydrogen) atoms. The van der Waals surface area contributed by atoms with Crippen molar-refractivity contribution in [2.45, 2.75) is 25.9 Å². The number of nitrogens with zero attached hydrogens (tertiary/aromatic N) is 4. The highest BCUT2D eigenvalue weighted by Crippen LogP contribution is 2.21. The quantitative estimate of drug-likeness (QED) is 0.807. The van der Waals surface area contributed by atoms with Gasteiger partial charge < -0.3 is 10.6 Å². The molecule has 0 radical (unpaired) electrons. The van der Waals surface area contributed by atoms with Crippen molar-refractivity contribution in [1.82, 2.24) is 14.9 Å². The predicted octanol–water partition coefficient (Wildman–Crippen LogP) is 0.466. The fourth-order valence-electron chi connectivity index (χ4n) is 2.03. The van der Waals surface area contributed by atoms with Crippen LogP contribution in [0.3, 0.4) is 0 Å². The third-order valence-electron chi connectivity index (χ3n) is 3.53. The molecule has 0 amide bonds. The summed E-state index contributed by atoms with van der Waals surface area (Å²) in [5.41, 5.74) is 6.67. The molecule has 1 saturated heterocycles. The number of hydrogen-bond donors (Lipinski definition) is 1. The first-order valence-corrected chi connectivity index (χ1v) is 6.00. The predicted molar refractivity (Wildman–Crippen MR) is 68.8 cm³/mol. The molecule has 2 heterocycles.